The number of hydrogen-bond acceptors (Lipinski definition) is 7. The summed E-state index contributed by atoms with van der Waals surface area (Å²) in [6.45, 7) is 6.38. The molecule has 2 fully saturated rings. The van der Waals surface area contributed by atoms with Gasteiger partial charge in [0.05, 0.1) is 18.8 Å². The summed E-state index contributed by atoms with van der Waals surface area (Å²) in [5.74, 6) is -12.9. The summed E-state index contributed by atoms with van der Waals surface area (Å²) in [5.41, 5.74) is 2.09. The van der Waals surface area contributed by atoms with Gasteiger partial charge in [-0.15, -0.1) is 0 Å². The van der Waals surface area contributed by atoms with Crippen LogP contribution in [-0.2, 0) is 32.2 Å². The van der Waals surface area contributed by atoms with Gasteiger partial charge in [-0.25, -0.2) is 22.0 Å². The SMILES string of the molecule is CC(C)(C)OC(=O)C1CCCN1CC1CC(c2ccc(CO)cc2)OC(c2ccc(-c3ccccc3CNC(=O)c3c(F)c(F)c(F)c(F)c3F)cc2)O1. The monoisotopic (exact) mass is 752 g/mol. The maximum Gasteiger partial charge on any atom is 0.323 e. The molecule has 2 N–H and O–H groups in total. The fraction of sp³-hybridized carbons (Fsp3) is 0.366. The van der Waals surface area contributed by atoms with Gasteiger partial charge in [0, 0.05) is 25.1 Å². The van der Waals surface area contributed by atoms with Crippen LogP contribution in [0.25, 0.3) is 11.1 Å². The third-order valence-electron chi connectivity index (χ3n) is 9.48. The lowest BCUT2D eigenvalue weighted by molar-refractivity contribution is -0.253. The number of carbonyl (C=O) groups excluding carboxylic acids is 2. The Hall–Kier alpha value is -4.69. The number of nitrogens with one attached hydrogen (secondary N) is 1. The van der Waals surface area contributed by atoms with Crippen molar-refractivity contribution < 1.29 is 50.9 Å². The lowest BCUT2D eigenvalue weighted by Gasteiger charge is -2.38. The van der Waals surface area contributed by atoms with Gasteiger partial charge in [-0.2, -0.15) is 0 Å². The predicted octanol–water partition coefficient (Wildman–Crippen LogP) is 7.82. The summed E-state index contributed by atoms with van der Waals surface area (Å²) in [5, 5.41) is 11.8. The Morgan fingerprint density at radius 3 is 2.13 bits per heavy atom. The van der Waals surface area contributed by atoms with E-state index >= 15 is 0 Å². The Morgan fingerprint density at radius 2 is 1.48 bits per heavy atom. The maximum atomic E-state index is 14.3. The third-order valence-corrected chi connectivity index (χ3v) is 9.48. The van der Waals surface area contributed by atoms with Gasteiger partial charge in [0.25, 0.3) is 5.91 Å². The smallest absolute Gasteiger partial charge is 0.323 e. The van der Waals surface area contributed by atoms with Crippen LogP contribution >= 0.6 is 0 Å². The van der Waals surface area contributed by atoms with Crippen LogP contribution < -0.4 is 5.32 Å². The molecule has 286 valence electrons. The number of amides is 1. The number of ether oxygens (including phenoxy) is 3. The highest BCUT2D eigenvalue weighted by molar-refractivity contribution is 5.95. The van der Waals surface area contributed by atoms with E-state index < -0.39 is 52.4 Å². The highest BCUT2D eigenvalue weighted by atomic mass is 19.2. The molecule has 4 aromatic rings. The number of esters is 1. The van der Waals surface area contributed by atoms with Crippen LogP contribution in [0.4, 0.5) is 22.0 Å². The quantitative estimate of drug-likeness (QED) is 0.0738. The van der Waals surface area contributed by atoms with Gasteiger partial charge in [0.1, 0.15) is 17.2 Å². The number of nitrogens with zero attached hydrogens (tertiary/aromatic N) is 1. The van der Waals surface area contributed by atoms with Crippen molar-refractivity contribution in [2.75, 3.05) is 13.1 Å². The molecule has 6 rings (SSSR count). The molecule has 54 heavy (non-hydrogen) atoms. The van der Waals surface area contributed by atoms with E-state index in [-0.39, 0.29) is 37.4 Å². The van der Waals surface area contributed by atoms with Gasteiger partial charge in [0.15, 0.2) is 29.6 Å². The first-order valence-electron chi connectivity index (χ1n) is 17.7. The Balaban J connectivity index is 1.20. The number of benzene rings is 4. The van der Waals surface area contributed by atoms with Crippen LogP contribution in [0.15, 0.2) is 72.8 Å². The van der Waals surface area contributed by atoms with Gasteiger partial charge >= 0.3 is 5.97 Å². The highest BCUT2D eigenvalue weighted by Crippen LogP contribution is 2.39. The zero-order valence-corrected chi connectivity index (χ0v) is 30.0. The van der Waals surface area contributed by atoms with Gasteiger partial charge in [-0.05, 0) is 68.0 Å². The van der Waals surface area contributed by atoms with Crippen LogP contribution in [0, 0.1) is 29.1 Å². The lowest BCUT2D eigenvalue weighted by Crippen LogP contribution is -2.45. The summed E-state index contributed by atoms with van der Waals surface area (Å²) in [6, 6.07) is 21.3. The zero-order chi connectivity index (χ0) is 38.7. The topological polar surface area (TPSA) is 97.3 Å². The minimum Gasteiger partial charge on any atom is -0.459 e. The Bertz CT molecular complexity index is 1960. The van der Waals surface area contributed by atoms with Crippen molar-refractivity contribution >= 4 is 11.9 Å². The molecular formula is C41H41F5N2O6. The second-order valence-electron chi connectivity index (χ2n) is 14.4. The normalized spacial score (nSPS) is 20.5. The van der Waals surface area contributed by atoms with E-state index in [4.69, 9.17) is 14.2 Å². The summed E-state index contributed by atoms with van der Waals surface area (Å²) < 4.78 is 88.3. The van der Waals surface area contributed by atoms with Gasteiger partial charge in [-0.3, -0.25) is 14.5 Å². The fourth-order valence-corrected chi connectivity index (χ4v) is 6.82. The minimum absolute atomic E-state index is 0.0889. The lowest BCUT2D eigenvalue weighted by atomic mass is 9.97. The Labute approximate surface area is 309 Å². The zero-order valence-electron chi connectivity index (χ0n) is 30.0. The molecule has 4 atom stereocenters. The second-order valence-corrected chi connectivity index (χ2v) is 14.4. The van der Waals surface area contributed by atoms with Crippen LogP contribution in [0.3, 0.4) is 0 Å². The highest BCUT2D eigenvalue weighted by Gasteiger charge is 2.39. The summed E-state index contributed by atoms with van der Waals surface area (Å²) in [4.78, 5) is 27.8. The van der Waals surface area contributed by atoms with Crippen LogP contribution in [0.5, 0.6) is 0 Å². The summed E-state index contributed by atoms with van der Waals surface area (Å²) in [7, 11) is 0. The van der Waals surface area contributed by atoms with Crippen molar-refractivity contribution in [3.8, 4) is 11.1 Å². The molecule has 4 unspecified atom stereocenters. The average Bonchev–Trinajstić information content (AvgIpc) is 3.63. The van der Waals surface area contributed by atoms with Crippen LogP contribution in [0.2, 0.25) is 0 Å². The second kappa shape index (κ2) is 16.4. The van der Waals surface area contributed by atoms with E-state index in [1.165, 1.54) is 0 Å². The van der Waals surface area contributed by atoms with Crippen molar-refractivity contribution in [1.29, 1.82) is 0 Å². The number of halogens is 5. The van der Waals surface area contributed by atoms with Crippen molar-refractivity contribution in [3.63, 3.8) is 0 Å². The molecule has 0 aliphatic carbocycles. The first-order valence-corrected chi connectivity index (χ1v) is 17.7. The number of aliphatic hydroxyl groups is 1. The largest absolute Gasteiger partial charge is 0.459 e. The van der Waals surface area contributed by atoms with E-state index in [0.717, 1.165) is 24.1 Å². The maximum absolute atomic E-state index is 14.3. The van der Waals surface area contributed by atoms with E-state index in [1.54, 1.807) is 24.3 Å². The van der Waals surface area contributed by atoms with E-state index in [0.29, 0.717) is 41.6 Å². The molecule has 2 aliphatic heterocycles. The van der Waals surface area contributed by atoms with E-state index in [1.807, 2.05) is 69.3 Å². The van der Waals surface area contributed by atoms with Gasteiger partial charge < -0.3 is 24.6 Å². The molecule has 4 aromatic carbocycles. The van der Waals surface area contributed by atoms with Crippen LogP contribution in [-0.4, -0.2) is 52.7 Å². The molecule has 2 aliphatic rings. The van der Waals surface area contributed by atoms with E-state index in [9.17, 15) is 36.6 Å². The minimum atomic E-state index is -2.35. The number of rotatable bonds is 10. The molecule has 0 saturated carbocycles. The van der Waals surface area contributed by atoms with E-state index in [2.05, 4.69) is 10.2 Å². The van der Waals surface area contributed by atoms with Crippen molar-refractivity contribution in [2.24, 2.45) is 0 Å². The Kier molecular flexibility index (Phi) is 11.8. The van der Waals surface area contributed by atoms with Crippen LogP contribution in [0.1, 0.15) is 85.0 Å². The fourth-order valence-electron chi connectivity index (χ4n) is 6.82. The predicted molar refractivity (Wildman–Crippen MR) is 188 cm³/mol. The first-order chi connectivity index (χ1) is 25.7. The molecule has 0 radical (unpaired) electrons. The van der Waals surface area contributed by atoms with Gasteiger partial charge in [0.2, 0.25) is 5.82 Å². The molecule has 0 spiro atoms. The Morgan fingerprint density at radius 1 is 0.852 bits per heavy atom. The average molecular weight is 753 g/mol. The molecule has 2 heterocycles. The molecule has 8 nitrogen and oxygen atoms in total. The van der Waals surface area contributed by atoms with Crippen molar-refractivity contribution in [2.45, 2.75) is 83.3 Å². The molecule has 1 amide bonds. The van der Waals surface area contributed by atoms with Gasteiger partial charge in [-0.1, -0.05) is 72.8 Å². The molecule has 0 bridgehead atoms. The first kappa shape index (κ1) is 39.0. The number of hydrogen-bond donors (Lipinski definition) is 2. The number of carbonyl (C=O) groups is 2. The van der Waals surface area contributed by atoms with Crippen molar-refractivity contribution in [3.05, 3.63) is 130 Å². The molecular weight excluding hydrogens is 711 g/mol. The standard InChI is InChI=1S/C41H41F5N2O6/c1-41(2,3)54-39(51)30-9-6-18-48(30)21-28-19-31(25-12-10-23(22-49)11-13-25)53-40(52-28)26-16-14-24(15-17-26)29-8-5-4-7-27(29)20-47-38(50)32-33(42)35(44)37(46)36(45)34(32)43/h4-5,7-8,10-17,28,30-31,40,49H,6,9,18-22H2,1-3H3,(H,47,50). The number of likely N-dealkylation sites (tertiary alicyclic amines) is 1. The molecule has 13 heteroatoms. The molecule has 0 aromatic heterocycles. The summed E-state index contributed by atoms with van der Waals surface area (Å²) >= 11 is 0. The third kappa shape index (κ3) is 8.65. The molecule has 2 saturated heterocycles. The number of aliphatic hydroxyl groups excluding tert-OH is 1. The summed E-state index contributed by atoms with van der Waals surface area (Å²) in [6.07, 6.45) is 0.624. The van der Waals surface area contributed by atoms with Crippen molar-refractivity contribution in [1.82, 2.24) is 10.2 Å².